The fourth-order valence-electron chi connectivity index (χ4n) is 2.87. The maximum atomic E-state index is 12.3. The molecule has 4 nitrogen and oxygen atoms in total. The minimum atomic E-state index is -0.894. The standard InChI is InChI=1S/C15H27NO3/c1-5-15(6-2)7-9-16(10-8-15)13(17)11(3)12(4)14(18)19/h11-12H,5-10H2,1-4H3,(H,18,19). The van der Waals surface area contributed by atoms with Crippen LogP contribution in [0.15, 0.2) is 0 Å². The summed E-state index contributed by atoms with van der Waals surface area (Å²) in [6, 6.07) is 0. The quantitative estimate of drug-likeness (QED) is 0.835. The molecule has 1 fully saturated rings. The second-order valence-electron chi connectivity index (χ2n) is 5.95. The van der Waals surface area contributed by atoms with Gasteiger partial charge in [-0.3, -0.25) is 9.59 Å². The van der Waals surface area contributed by atoms with Gasteiger partial charge in [0.05, 0.1) is 5.92 Å². The van der Waals surface area contributed by atoms with E-state index >= 15 is 0 Å². The van der Waals surface area contributed by atoms with Gasteiger partial charge in [0.1, 0.15) is 0 Å². The van der Waals surface area contributed by atoms with E-state index < -0.39 is 17.8 Å². The fraction of sp³-hybridized carbons (Fsp3) is 0.867. The number of carbonyl (C=O) groups excluding carboxylic acids is 1. The van der Waals surface area contributed by atoms with E-state index in [2.05, 4.69) is 13.8 Å². The third-order valence-electron chi connectivity index (χ3n) is 5.16. The molecule has 110 valence electrons. The highest BCUT2D eigenvalue weighted by molar-refractivity contribution is 5.84. The van der Waals surface area contributed by atoms with Crippen LogP contribution in [0.3, 0.4) is 0 Å². The number of rotatable bonds is 5. The van der Waals surface area contributed by atoms with Crippen LogP contribution >= 0.6 is 0 Å². The molecular formula is C15H27NO3. The van der Waals surface area contributed by atoms with Crippen LogP contribution in [0.2, 0.25) is 0 Å². The lowest BCUT2D eigenvalue weighted by Crippen LogP contribution is -2.46. The number of nitrogens with zero attached hydrogens (tertiary/aromatic N) is 1. The monoisotopic (exact) mass is 269 g/mol. The molecular weight excluding hydrogens is 242 g/mol. The summed E-state index contributed by atoms with van der Waals surface area (Å²) in [6.45, 7) is 9.32. The van der Waals surface area contributed by atoms with Crippen LogP contribution in [0, 0.1) is 17.3 Å². The molecule has 1 heterocycles. The Bertz CT molecular complexity index is 326. The van der Waals surface area contributed by atoms with Crippen molar-refractivity contribution in [2.45, 2.75) is 53.4 Å². The first-order valence-electron chi connectivity index (χ1n) is 7.38. The van der Waals surface area contributed by atoms with Crippen molar-refractivity contribution >= 4 is 11.9 Å². The predicted molar refractivity (Wildman–Crippen MR) is 74.8 cm³/mol. The van der Waals surface area contributed by atoms with Gasteiger partial charge in [0.2, 0.25) is 5.91 Å². The number of hydrogen-bond donors (Lipinski definition) is 1. The van der Waals surface area contributed by atoms with Crippen molar-refractivity contribution in [1.82, 2.24) is 4.90 Å². The number of carbonyl (C=O) groups is 2. The van der Waals surface area contributed by atoms with Gasteiger partial charge in [-0.25, -0.2) is 0 Å². The van der Waals surface area contributed by atoms with Crippen LogP contribution in [0.25, 0.3) is 0 Å². The van der Waals surface area contributed by atoms with Gasteiger partial charge < -0.3 is 10.0 Å². The van der Waals surface area contributed by atoms with Gasteiger partial charge in [0, 0.05) is 19.0 Å². The zero-order valence-corrected chi connectivity index (χ0v) is 12.6. The second kappa shape index (κ2) is 6.40. The van der Waals surface area contributed by atoms with Gasteiger partial charge in [0.25, 0.3) is 0 Å². The van der Waals surface area contributed by atoms with Crippen molar-refractivity contribution in [3.05, 3.63) is 0 Å². The molecule has 0 aromatic rings. The molecule has 0 aromatic heterocycles. The van der Waals surface area contributed by atoms with Gasteiger partial charge in [-0.05, 0) is 18.3 Å². The predicted octanol–water partition coefficient (Wildman–Crippen LogP) is 2.77. The molecule has 1 saturated heterocycles. The minimum Gasteiger partial charge on any atom is -0.481 e. The molecule has 0 bridgehead atoms. The summed E-state index contributed by atoms with van der Waals surface area (Å²) in [5, 5.41) is 8.99. The Labute approximate surface area is 116 Å². The van der Waals surface area contributed by atoms with Crippen LogP contribution in [0.1, 0.15) is 53.4 Å². The summed E-state index contributed by atoms with van der Waals surface area (Å²) in [5.74, 6) is -1.95. The molecule has 1 N–H and O–H groups in total. The molecule has 0 radical (unpaired) electrons. The largest absolute Gasteiger partial charge is 0.481 e. The normalized spacial score (nSPS) is 21.8. The number of hydrogen-bond acceptors (Lipinski definition) is 2. The second-order valence-corrected chi connectivity index (χ2v) is 5.95. The maximum absolute atomic E-state index is 12.3. The van der Waals surface area contributed by atoms with E-state index in [1.54, 1.807) is 13.8 Å². The van der Waals surface area contributed by atoms with Crippen LogP contribution in [-0.4, -0.2) is 35.0 Å². The van der Waals surface area contributed by atoms with Gasteiger partial charge >= 0.3 is 5.97 Å². The van der Waals surface area contributed by atoms with E-state index in [0.717, 1.165) is 38.8 Å². The number of amides is 1. The molecule has 0 spiro atoms. The summed E-state index contributed by atoms with van der Waals surface area (Å²) in [7, 11) is 0. The molecule has 19 heavy (non-hydrogen) atoms. The van der Waals surface area contributed by atoms with E-state index in [9.17, 15) is 9.59 Å². The smallest absolute Gasteiger partial charge is 0.307 e. The zero-order chi connectivity index (χ0) is 14.6. The number of carboxylic acids is 1. The lowest BCUT2D eigenvalue weighted by molar-refractivity contribution is -0.150. The van der Waals surface area contributed by atoms with E-state index in [0.29, 0.717) is 5.41 Å². The molecule has 2 atom stereocenters. The number of aliphatic carboxylic acids is 1. The number of carboxylic acid groups (broad SMARTS) is 1. The van der Waals surface area contributed by atoms with E-state index in [1.807, 2.05) is 4.90 Å². The number of likely N-dealkylation sites (tertiary alicyclic amines) is 1. The Morgan fingerprint density at radius 3 is 1.95 bits per heavy atom. The number of piperidine rings is 1. The molecule has 1 aliphatic heterocycles. The van der Waals surface area contributed by atoms with Crippen molar-refractivity contribution in [2.24, 2.45) is 17.3 Å². The van der Waals surface area contributed by atoms with Crippen LogP contribution in [0.5, 0.6) is 0 Å². The van der Waals surface area contributed by atoms with Crippen molar-refractivity contribution in [2.75, 3.05) is 13.1 Å². The minimum absolute atomic E-state index is 0.00398. The van der Waals surface area contributed by atoms with Crippen LogP contribution in [-0.2, 0) is 9.59 Å². The Kier molecular flexibility index (Phi) is 5.39. The highest BCUT2D eigenvalue weighted by Gasteiger charge is 2.36. The van der Waals surface area contributed by atoms with Crippen LogP contribution < -0.4 is 0 Å². The fourth-order valence-corrected chi connectivity index (χ4v) is 2.87. The lowest BCUT2D eigenvalue weighted by Gasteiger charge is -2.42. The maximum Gasteiger partial charge on any atom is 0.307 e. The molecule has 2 unspecified atom stereocenters. The zero-order valence-electron chi connectivity index (χ0n) is 12.6. The van der Waals surface area contributed by atoms with Crippen molar-refractivity contribution < 1.29 is 14.7 Å². The first kappa shape index (κ1) is 16.0. The average molecular weight is 269 g/mol. The highest BCUT2D eigenvalue weighted by atomic mass is 16.4. The van der Waals surface area contributed by atoms with Gasteiger partial charge in [-0.15, -0.1) is 0 Å². The summed E-state index contributed by atoms with van der Waals surface area (Å²) in [6.07, 6.45) is 4.40. The Hall–Kier alpha value is -1.06. The summed E-state index contributed by atoms with van der Waals surface area (Å²) >= 11 is 0. The first-order chi connectivity index (χ1) is 8.87. The third kappa shape index (κ3) is 3.48. The van der Waals surface area contributed by atoms with Crippen molar-refractivity contribution in [1.29, 1.82) is 0 Å². The molecule has 1 amide bonds. The Morgan fingerprint density at radius 1 is 1.11 bits per heavy atom. The topological polar surface area (TPSA) is 57.6 Å². The molecule has 0 saturated carbocycles. The van der Waals surface area contributed by atoms with E-state index in [4.69, 9.17) is 5.11 Å². The lowest BCUT2D eigenvalue weighted by atomic mass is 9.74. The molecule has 0 aliphatic carbocycles. The molecule has 1 rings (SSSR count). The van der Waals surface area contributed by atoms with Crippen molar-refractivity contribution in [3.63, 3.8) is 0 Å². The van der Waals surface area contributed by atoms with Crippen LogP contribution in [0.4, 0.5) is 0 Å². The first-order valence-corrected chi connectivity index (χ1v) is 7.38. The summed E-state index contributed by atoms with van der Waals surface area (Å²) in [5.41, 5.74) is 0.387. The highest BCUT2D eigenvalue weighted by Crippen LogP contribution is 2.38. The molecule has 4 heteroatoms. The summed E-state index contributed by atoms with van der Waals surface area (Å²) < 4.78 is 0. The van der Waals surface area contributed by atoms with Crippen molar-refractivity contribution in [3.8, 4) is 0 Å². The third-order valence-corrected chi connectivity index (χ3v) is 5.16. The average Bonchev–Trinajstić information content (AvgIpc) is 2.44. The van der Waals surface area contributed by atoms with Gasteiger partial charge in [-0.1, -0.05) is 40.5 Å². The summed E-state index contributed by atoms with van der Waals surface area (Å²) in [4.78, 5) is 25.1. The van der Waals surface area contributed by atoms with E-state index in [-0.39, 0.29) is 5.91 Å². The Morgan fingerprint density at radius 2 is 1.58 bits per heavy atom. The molecule has 0 aromatic carbocycles. The SMILES string of the molecule is CCC1(CC)CCN(C(=O)C(C)C(C)C(=O)O)CC1. The van der Waals surface area contributed by atoms with E-state index in [1.165, 1.54) is 0 Å². The van der Waals surface area contributed by atoms with Gasteiger partial charge in [-0.2, -0.15) is 0 Å². The molecule has 1 aliphatic rings. The van der Waals surface area contributed by atoms with Gasteiger partial charge in [0.15, 0.2) is 0 Å². The Balaban J connectivity index is 2.60.